The first-order chi connectivity index (χ1) is 10.0. The van der Waals surface area contributed by atoms with Crippen molar-refractivity contribution in [3.05, 3.63) is 39.6 Å². The molecule has 0 unspecified atom stereocenters. The molecule has 0 atom stereocenters. The maximum Gasteiger partial charge on any atom is 0.133 e. The highest BCUT2D eigenvalue weighted by Gasteiger charge is 2.30. The summed E-state index contributed by atoms with van der Waals surface area (Å²) >= 11 is 7.56. The lowest BCUT2D eigenvalue weighted by atomic mass is 10.2. The normalized spacial score (nSPS) is 14.9. The van der Waals surface area contributed by atoms with Crippen LogP contribution in [0.15, 0.2) is 18.2 Å². The minimum absolute atomic E-state index is 0.265. The molecule has 3 rings (SSSR count). The minimum atomic E-state index is -0.265. The van der Waals surface area contributed by atoms with Crippen molar-refractivity contribution in [1.29, 1.82) is 0 Å². The van der Waals surface area contributed by atoms with Crippen LogP contribution in [0.3, 0.4) is 0 Å². The number of hydrogen-bond donors (Lipinski definition) is 1. The molecule has 2 nitrogen and oxygen atoms in total. The van der Waals surface area contributed by atoms with Crippen LogP contribution in [-0.2, 0) is 6.54 Å². The van der Waals surface area contributed by atoms with Crippen molar-refractivity contribution in [3.8, 4) is 10.6 Å². The zero-order chi connectivity index (χ0) is 15.0. The molecule has 1 saturated carbocycles. The highest BCUT2D eigenvalue weighted by atomic mass is 35.5. The Labute approximate surface area is 133 Å². The van der Waals surface area contributed by atoms with Crippen molar-refractivity contribution in [1.82, 2.24) is 10.3 Å². The zero-order valence-corrected chi connectivity index (χ0v) is 13.7. The van der Waals surface area contributed by atoms with Gasteiger partial charge in [-0.2, -0.15) is 0 Å². The first kappa shape index (κ1) is 14.9. The third-order valence-electron chi connectivity index (χ3n) is 3.52. The average Bonchev–Trinajstić information content (AvgIpc) is 3.19. The summed E-state index contributed by atoms with van der Waals surface area (Å²) in [5.41, 5.74) is 1.65. The van der Waals surface area contributed by atoms with E-state index in [4.69, 9.17) is 16.6 Å². The molecule has 0 aliphatic heterocycles. The second-order valence-electron chi connectivity index (χ2n) is 5.76. The number of nitrogens with one attached hydrogen (secondary N) is 1. The van der Waals surface area contributed by atoms with Crippen molar-refractivity contribution in [2.75, 3.05) is 0 Å². The molecular weight excluding hydrogens is 307 g/mol. The standard InChI is InChI=1S/C16H18ClFN2S/c1-9(2)19-8-14-15(10-3-4-10)20-16(21-14)12-7-11(17)5-6-13(12)18/h5-7,9-10,19H,3-4,8H2,1-2H3. The first-order valence-electron chi connectivity index (χ1n) is 7.23. The zero-order valence-electron chi connectivity index (χ0n) is 12.1. The van der Waals surface area contributed by atoms with Crippen molar-refractivity contribution < 1.29 is 4.39 Å². The number of aromatic nitrogens is 1. The van der Waals surface area contributed by atoms with Gasteiger partial charge in [-0.1, -0.05) is 25.4 Å². The fraction of sp³-hybridized carbons (Fsp3) is 0.438. The average molecular weight is 325 g/mol. The summed E-state index contributed by atoms with van der Waals surface area (Å²) in [5, 5.41) is 4.70. The maximum absolute atomic E-state index is 14.0. The summed E-state index contributed by atoms with van der Waals surface area (Å²) in [6.45, 7) is 5.04. The fourth-order valence-electron chi connectivity index (χ4n) is 2.24. The van der Waals surface area contributed by atoms with E-state index in [2.05, 4.69) is 19.2 Å². The minimum Gasteiger partial charge on any atom is -0.310 e. The van der Waals surface area contributed by atoms with Crippen LogP contribution in [0.25, 0.3) is 10.6 Å². The molecule has 1 fully saturated rings. The van der Waals surface area contributed by atoms with Crippen LogP contribution in [0.5, 0.6) is 0 Å². The van der Waals surface area contributed by atoms with Crippen LogP contribution in [0.4, 0.5) is 4.39 Å². The molecule has 5 heteroatoms. The van der Waals surface area contributed by atoms with Gasteiger partial charge in [-0.05, 0) is 31.0 Å². The Morgan fingerprint density at radius 3 is 2.86 bits per heavy atom. The molecule has 0 amide bonds. The molecule has 1 aromatic carbocycles. The van der Waals surface area contributed by atoms with E-state index in [0.29, 0.717) is 22.5 Å². The summed E-state index contributed by atoms with van der Waals surface area (Å²) in [6, 6.07) is 5.05. The molecule has 1 aliphatic rings. The third-order valence-corrected chi connectivity index (χ3v) is 4.86. The smallest absolute Gasteiger partial charge is 0.133 e. The molecule has 1 heterocycles. The van der Waals surface area contributed by atoms with Crippen LogP contribution in [0.1, 0.15) is 43.2 Å². The Hall–Kier alpha value is -0.970. The van der Waals surface area contributed by atoms with Crippen LogP contribution in [0.2, 0.25) is 5.02 Å². The van der Waals surface area contributed by atoms with Crippen molar-refractivity contribution in [2.45, 2.75) is 45.2 Å². The number of halogens is 2. The van der Waals surface area contributed by atoms with Gasteiger partial charge in [0.25, 0.3) is 0 Å². The summed E-state index contributed by atoms with van der Waals surface area (Å²) < 4.78 is 14.0. The summed E-state index contributed by atoms with van der Waals surface area (Å²) in [4.78, 5) is 5.92. The summed E-state index contributed by atoms with van der Waals surface area (Å²) in [7, 11) is 0. The second-order valence-corrected chi connectivity index (χ2v) is 7.28. The number of rotatable bonds is 5. The fourth-order valence-corrected chi connectivity index (χ4v) is 3.53. The van der Waals surface area contributed by atoms with Crippen LogP contribution in [0, 0.1) is 5.82 Å². The SMILES string of the molecule is CC(C)NCc1sc(-c2cc(Cl)ccc2F)nc1C1CC1. The van der Waals surface area contributed by atoms with Crippen molar-refractivity contribution in [3.63, 3.8) is 0 Å². The number of nitrogens with zero attached hydrogens (tertiary/aromatic N) is 1. The topological polar surface area (TPSA) is 24.9 Å². The Morgan fingerprint density at radius 1 is 1.43 bits per heavy atom. The molecule has 112 valence electrons. The van der Waals surface area contributed by atoms with E-state index in [9.17, 15) is 4.39 Å². The summed E-state index contributed by atoms with van der Waals surface area (Å²) in [5.74, 6) is 0.292. The maximum atomic E-state index is 14.0. The second kappa shape index (κ2) is 6.03. The van der Waals surface area contributed by atoms with Gasteiger partial charge >= 0.3 is 0 Å². The Balaban J connectivity index is 1.95. The Kier molecular flexibility index (Phi) is 4.29. The van der Waals surface area contributed by atoms with Crippen molar-refractivity contribution in [2.24, 2.45) is 0 Å². The predicted octanol–water partition coefficient (Wildman–Crippen LogP) is 4.98. The van der Waals surface area contributed by atoms with Crippen LogP contribution >= 0.6 is 22.9 Å². The molecule has 21 heavy (non-hydrogen) atoms. The quantitative estimate of drug-likeness (QED) is 0.839. The Bertz CT molecular complexity index is 650. The van der Waals surface area contributed by atoms with Gasteiger partial charge in [0.2, 0.25) is 0 Å². The van der Waals surface area contributed by atoms with Crippen LogP contribution < -0.4 is 5.32 Å². The van der Waals surface area contributed by atoms with Gasteiger partial charge in [0.1, 0.15) is 10.8 Å². The Morgan fingerprint density at radius 2 is 2.19 bits per heavy atom. The molecule has 2 aromatic rings. The number of benzene rings is 1. The highest BCUT2D eigenvalue weighted by Crippen LogP contribution is 2.44. The largest absolute Gasteiger partial charge is 0.310 e. The van der Waals surface area contributed by atoms with E-state index < -0.39 is 0 Å². The lowest BCUT2D eigenvalue weighted by molar-refractivity contribution is 0.590. The molecule has 0 radical (unpaired) electrons. The first-order valence-corrected chi connectivity index (χ1v) is 8.42. The predicted molar refractivity (Wildman–Crippen MR) is 86.5 cm³/mol. The molecule has 1 aromatic heterocycles. The van der Waals surface area contributed by atoms with Gasteiger partial charge in [-0.3, -0.25) is 0 Å². The number of thiazole rings is 1. The summed E-state index contributed by atoms with van der Waals surface area (Å²) in [6.07, 6.45) is 2.38. The molecular formula is C16H18ClFN2S. The van der Waals surface area contributed by atoms with E-state index in [1.54, 1.807) is 23.5 Å². The lowest BCUT2D eigenvalue weighted by Gasteiger charge is -2.07. The van der Waals surface area contributed by atoms with E-state index >= 15 is 0 Å². The number of hydrogen-bond acceptors (Lipinski definition) is 3. The van der Waals surface area contributed by atoms with Crippen molar-refractivity contribution >= 4 is 22.9 Å². The molecule has 0 saturated heterocycles. The van der Waals surface area contributed by atoms with Gasteiger partial charge in [0.05, 0.1) is 5.69 Å². The van der Waals surface area contributed by atoms with Gasteiger partial charge in [0, 0.05) is 34.0 Å². The van der Waals surface area contributed by atoms with E-state index in [-0.39, 0.29) is 5.82 Å². The molecule has 0 spiro atoms. The molecule has 1 aliphatic carbocycles. The monoisotopic (exact) mass is 324 g/mol. The molecule has 1 N–H and O–H groups in total. The van der Waals surface area contributed by atoms with Gasteiger partial charge in [0.15, 0.2) is 0 Å². The third kappa shape index (κ3) is 3.44. The molecule has 0 bridgehead atoms. The van der Waals surface area contributed by atoms with E-state index in [0.717, 1.165) is 17.2 Å². The lowest BCUT2D eigenvalue weighted by Crippen LogP contribution is -2.21. The van der Waals surface area contributed by atoms with Gasteiger partial charge in [-0.15, -0.1) is 11.3 Å². The van der Waals surface area contributed by atoms with E-state index in [1.165, 1.54) is 23.8 Å². The highest BCUT2D eigenvalue weighted by molar-refractivity contribution is 7.15. The van der Waals surface area contributed by atoms with Crippen LogP contribution in [-0.4, -0.2) is 11.0 Å². The van der Waals surface area contributed by atoms with E-state index in [1.807, 2.05) is 0 Å². The van der Waals surface area contributed by atoms with Gasteiger partial charge < -0.3 is 5.32 Å². The van der Waals surface area contributed by atoms with Gasteiger partial charge in [-0.25, -0.2) is 9.37 Å².